The first-order valence-corrected chi connectivity index (χ1v) is 20.6. The van der Waals surface area contributed by atoms with Crippen molar-refractivity contribution in [2.24, 2.45) is 56.7 Å². The summed E-state index contributed by atoms with van der Waals surface area (Å²) in [5.74, 6) is 0.644. The van der Waals surface area contributed by atoms with Crippen LogP contribution in [0.4, 0.5) is 0 Å². The van der Waals surface area contributed by atoms with Gasteiger partial charge in [0.15, 0.2) is 17.2 Å². The average Bonchev–Trinajstić information content (AvgIpc) is 3.49. The predicted molar refractivity (Wildman–Crippen MR) is 205 cm³/mol. The number of allylic oxidation sites excluding steroid dienone is 1. The molecule has 10 atom stereocenters. The van der Waals surface area contributed by atoms with Gasteiger partial charge in [0, 0.05) is 18.7 Å². The van der Waals surface area contributed by atoms with Crippen LogP contribution in [0, 0.1) is 56.7 Å². The smallest absolute Gasteiger partial charge is 0.251 e. The van der Waals surface area contributed by atoms with Crippen molar-refractivity contribution in [1.29, 1.82) is 0 Å². The van der Waals surface area contributed by atoms with Gasteiger partial charge in [-0.25, -0.2) is 0 Å². The molecule has 5 aliphatic rings. The number of rotatable bonds is 11. The third kappa shape index (κ3) is 6.15. The van der Waals surface area contributed by atoms with Crippen molar-refractivity contribution in [3.8, 4) is 17.2 Å². The molecule has 2 amide bonds. The Balaban J connectivity index is 1.04. The SMILES string of the molecule is C=C(C)[C@@H]1CC[C@]2(C(=O)NCCCCCCCNC(=O)c3cc(O)c(O)c(O)c3)CC[C@]3(C)C(CCC4[C@@]5(C)CC[C@H](O)C(C)(C)C5CC[C@]43C)C12. The number of unbranched alkanes of at least 4 members (excludes halogenated alkanes) is 4. The molecule has 8 nitrogen and oxygen atoms in total. The lowest BCUT2D eigenvalue weighted by molar-refractivity contribution is -0.246. The summed E-state index contributed by atoms with van der Waals surface area (Å²) in [5.41, 5.74) is 1.65. The van der Waals surface area contributed by atoms with Crippen LogP contribution in [-0.2, 0) is 4.79 Å². The fourth-order valence-corrected chi connectivity index (χ4v) is 13.7. The first-order valence-electron chi connectivity index (χ1n) is 20.6. The highest BCUT2D eigenvalue weighted by Gasteiger charge is 2.71. The Morgan fingerprint density at radius 2 is 1.38 bits per heavy atom. The number of amides is 2. The summed E-state index contributed by atoms with van der Waals surface area (Å²) >= 11 is 0. The number of aromatic hydroxyl groups is 3. The van der Waals surface area contributed by atoms with E-state index in [4.69, 9.17) is 0 Å². The van der Waals surface area contributed by atoms with Gasteiger partial charge in [-0.1, -0.05) is 66.0 Å². The molecular formula is C44H68N2O6. The lowest BCUT2D eigenvalue weighted by atomic mass is 9.32. The summed E-state index contributed by atoms with van der Waals surface area (Å²) < 4.78 is 0. The summed E-state index contributed by atoms with van der Waals surface area (Å²) in [4.78, 5) is 26.8. The number of hydrogen-bond acceptors (Lipinski definition) is 6. The number of phenolic OH excluding ortho intramolecular Hbond substituents is 3. The normalized spacial score (nSPS) is 39.0. The maximum atomic E-state index is 14.4. The van der Waals surface area contributed by atoms with Gasteiger partial charge in [-0.3, -0.25) is 9.59 Å². The molecule has 0 aromatic heterocycles. The third-order valence-corrected chi connectivity index (χ3v) is 16.8. The van der Waals surface area contributed by atoms with Gasteiger partial charge in [-0.05, 0) is 147 Å². The summed E-state index contributed by atoms with van der Waals surface area (Å²) in [6.07, 6.45) is 15.5. The number of hydrogen-bond donors (Lipinski definition) is 6. The second-order valence-corrected chi connectivity index (χ2v) is 19.4. The summed E-state index contributed by atoms with van der Waals surface area (Å²) in [6.45, 7) is 20.4. The summed E-state index contributed by atoms with van der Waals surface area (Å²) in [6, 6.07) is 2.27. The zero-order chi connectivity index (χ0) is 37.9. The van der Waals surface area contributed by atoms with E-state index in [9.17, 15) is 30.0 Å². The highest BCUT2D eigenvalue weighted by Crippen LogP contribution is 2.77. The van der Waals surface area contributed by atoms with Gasteiger partial charge in [-0.2, -0.15) is 0 Å². The predicted octanol–water partition coefficient (Wildman–Crippen LogP) is 8.62. The van der Waals surface area contributed by atoms with Crippen molar-refractivity contribution in [2.75, 3.05) is 13.1 Å². The van der Waals surface area contributed by atoms with E-state index in [1.54, 1.807) is 0 Å². The number of phenols is 3. The lowest BCUT2D eigenvalue weighted by Gasteiger charge is -2.72. The number of aliphatic hydroxyl groups is 1. The van der Waals surface area contributed by atoms with Crippen molar-refractivity contribution in [2.45, 2.75) is 144 Å². The van der Waals surface area contributed by atoms with Gasteiger partial charge >= 0.3 is 0 Å². The molecule has 0 aliphatic heterocycles. The zero-order valence-electron chi connectivity index (χ0n) is 33.0. The van der Waals surface area contributed by atoms with Crippen LogP contribution in [0.2, 0.25) is 0 Å². The molecule has 5 aliphatic carbocycles. The molecule has 290 valence electrons. The average molecular weight is 721 g/mol. The Kier molecular flexibility index (Phi) is 10.6. The van der Waals surface area contributed by atoms with Crippen molar-refractivity contribution in [3.63, 3.8) is 0 Å². The van der Waals surface area contributed by atoms with E-state index in [0.717, 1.165) is 82.8 Å². The van der Waals surface area contributed by atoms with E-state index in [2.05, 4.69) is 58.8 Å². The Morgan fingerprint density at radius 1 is 0.750 bits per heavy atom. The van der Waals surface area contributed by atoms with E-state index < -0.39 is 23.2 Å². The number of benzene rings is 1. The fourth-order valence-electron chi connectivity index (χ4n) is 13.7. The van der Waals surface area contributed by atoms with Crippen LogP contribution in [0.5, 0.6) is 17.2 Å². The second kappa shape index (κ2) is 14.2. The molecule has 0 heterocycles. The summed E-state index contributed by atoms with van der Waals surface area (Å²) in [7, 11) is 0. The van der Waals surface area contributed by atoms with Crippen LogP contribution in [0.3, 0.4) is 0 Å². The van der Waals surface area contributed by atoms with Gasteiger partial charge in [0.05, 0.1) is 11.5 Å². The number of carbonyl (C=O) groups excluding carboxylic acids is 2. The molecule has 0 bridgehead atoms. The minimum atomic E-state index is -0.636. The Labute approximate surface area is 312 Å². The number of carbonyl (C=O) groups is 2. The van der Waals surface area contributed by atoms with E-state index in [-0.39, 0.29) is 44.6 Å². The largest absolute Gasteiger partial charge is 0.504 e. The van der Waals surface area contributed by atoms with E-state index in [0.29, 0.717) is 42.7 Å². The minimum absolute atomic E-state index is 0.0475. The van der Waals surface area contributed by atoms with Crippen molar-refractivity contribution >= 4 is 11.8 Å². The topological polar surface area (TPSA) is 139 Å². The van der Waals surface area contributed by atoms with Crippen LogP contribution >= 0.6 is 0 Å². The quantitative estimate of drug-likeness (QED) is 0.0769. The maximum Gasteiger partial charge on any atom is 0.251 e. The molecule has 6 rings (SSSR count). The van der Waals surface area contributed by atoms with E-state index in [1.165, 1.54) is 31.3 Å². The van der Waals surface area contributed by atoms with Gasteiger partial charge < -0.3 is 31.1 Å². The number of fused-ring (bicyclic) bond motifs is 7. The van der Waals surface area contributed by atoms with Gasteiger partial charge in [0.25, 0.3) is 5.91 Å². The highest BCUT2D eigenvalue weighted by atomic mass is 16.3. The number of nitrogens with one attached hydrogen (secondary N) is 2. The van der Waals surface area contributed by atoms with Crippen molar-refractivity contribution < 1.29 is 30.0 Å². The first kappa shape index (κ1) is 39.0. The molecule has 4 unspecified atom stereocenters. The van der Waals surface area contributed by atoms with E-state index >= 15 is 0 Å². The molecule has 5 fully saturated rings. The molecule has 1 aromatic rings. The molecule has 6 N–H and O–H groups in total. The lowest BCUT2D eigenvalue weighted by Crippen LogP contribution is -2.67. The monoisotopic (exact) mass is 721 g/mol. The van der Waals surface area contributed by atoms with Crippen LogP contribution in [0.1, 0.15) is 148 Å². The molecule has 5 saturated carbocycles. The fraction of sp³-hybridized carbons (Fsp3) is 0.773. The molecule has 52 heavy (non-hydrogen) atoms. The Bertz CT molecular complexity index is 1520. The molecular weight excluding hydrogens is 652 g/mol. The molecule has 0 spiro atoms. The minimum Gasteiger partial charge on any atom is -0.504 e. The van der Waals surface area contributed by atoms with Crippen molar-refractivity contribution in [3.05, 3.63) is 29.8 Å². The van der Waals surface area contributed by atoms with Gasteiger partial charge in [-0.15, -0.1) is 0 Å². The molecule has 1 aromatic carbocycles. The number of aliphatic hydroxyl groups excluding tert-OH is 1. The molecule has 0 radical (unpaired) electrons. The highest BCUT2D eigenvalue weighted by molar-refractivity contribution is 5.95. The maximum absolute atomic E-state index is 14.4. The Morgan fingerprint density at radius 3 is 2.04 bits per heavy atom. The first-order chi connectivity index (χ1) is 24.4. The van der Waals surface area contributed by atoms with Crippen molar-refractivity contribution in [1.82, 2.24) is 10.6 Å². The van der Waals surface area contributed by atoms with Crippen LogP contribution in [0.15, 0.2) is 24.3 Å². The Hall–Kier alpha value is -2.74. The second-order valence-electron chi connectivity index (χ2n) is 19.4. The standard InChI is InChI=1S/C44H68N2O6/c1-27(2)29-15-20-44(39(52)46-24-12-10-8-9-11-23-45-38(51)28-25-31(47)37(50)32(48)26-28)22-21-42(6)30(36(29)44)13-14-34-41(5)18-17-35(49)40(3,4)33(41)16-19-43(34,42)7/h25-26,29-30,33-36,47-50H,1,8-24H2,2-7H3,(H,45,51)(H,46,52)/t29-,30?,33?,34?,35-,36?,41-,42+,43+,44-/m0/s1. The van der Waals surface area contributed by atoms with E-state index in [1.807, 2.05) is 0 Å². The van der Waals surface area contributed by atoms with Crippen LogP contribution in [0.25, 0.3) is 0 Å². The van der Waals surface area contributed by atoms with Gasteiger partial charge in [0.1, 0.15) is 0 Å². The summed E-state index contributed by atoms with van der Waals surface area (Å²) in [5, 5.41) is 46.2. The molecule has 8 heteroatoms. The van der Waals surface area contributed by atoms with Crippen LogP contribution < -0.4 is 10.6 Å². The van der Waals surface area contributed by atoms with Crippen LogP contribution in [-0.4, -0.2) is 51.4 Å². The third-order valence-electron chi connectivity index (χ3n) is 16.8. The zero-order valence-corrected chi connectivity index (χ0v) is 33.0. The van der Waals surface area contributed by atoms with Gasteiger partial charge in [0.2, 0.25) is 5.91 Å². The molecule has 0 saturated heterocycles.